The van der Waals surface area contributed by atoms with Crippen molar-refractivity contribution in [2.75, 3.05) is 23.9 Å². The fourth-order valence-corrected chi connectivity index (χ4v) is 2.66. The number of benzene rings is 1. The van der Waals surface area contributed by atoms with E-state index in [4.69, 9.17) is 0 Å². The van der Waals surface area contributed by atoms with Crippen LogP contribution in [0.4, 0.5) is 5.69 Å². The van der Waals surface area contributed by atoms with Crippen LogP contribution < -0.4 is 5.32 Å². The first-order valence-electron chi connectivity index (χ1n) is 5.62. The second-order valence-electron chi connectivity index (χ2n) is 4.07. The average molecular weight is 320 g/mol. The summed E-state index contributed by atoms with van der Waals surface area (Å²) in [5.74, 6) is 0.234. The number of halogens is 1. The maximum atomic E-state index is 11.0. The van der Waals surface area contributed by atoms with E-state index in [2.05, 4.69) is 34.2 Å². The molecule has 1 aromatic carbocycles. The molecular formula is C12H18BrNO2S. The van der Waals surface area contributed by atoms with Gasteiger partial charge in [-0.05, 0) is 36.6 Å². The molecule has 1 aromatic rings. The van der Waals surface area contributed by atoms with E-state index in [1.165, 1.54) is 11.8 Å². The van der Waals surface area contributed by atoms with Gasteiger partial charge in [-0.2, -0.15) is 0 Å². The number of sulfone groups is 1. The molecule has 0 bridgehead atoms. The molecule has 0 aromatic heterocycles. The Kier molecular flexibility index (Phi) is 5.46. The second kappa shape index (κ2) is 6.40. The van der Waals surface area contributed by atoms with Gasteiger partial charge >= 0.3 is 0 Å². The highest BCUT2D eigenvalue weighted by atomic mass is 79.9. The van der Waals surface area contributed by atoms with Crippen molar-refractivity contribution in [1.82, 2.24) is 0 Å². The number of hydrogen-bond donors (Lipinski definition) is 1. The lowest BCUT2D eigenvalue weighted by Crippen LogP contribution is -2.10. The van der Waals surface area contributed by atoms with E-state index in [1.807, 2.05) is 12.1 Å². The Morgan fingerprint density at radius 1 is 1.35 bits per heavy atom. The molecule has 0 aliphatic rings. The molecule has 0 aliphatic heterocycles. The van der Waals surface area contributed by atoms with Gasteiger partial charge in [0, 0.05) is 23.0 Å². The standard InChI is InChI=1S/C12H18BrNO2S/c1-3-10-9-11(13)5-6-12(10)14-7-4-8-17(2,15)16/h5-6,9,14H,3-4,7-8H2,1-2H3. The first-order chi connectivity index (χ1) is 7.92. The SMILES string of the molecule is CCc1cc(Br)ccc1NCCCS(C)(=O)=O. The van der Waals surface area contributed by atoms with Crippen molar-refractivity contribution in [3.05, 3.63) is 28.2 Å². The Bertz CT molecular complexity index is 471. The summed E-state index contributed by atoms with van der Waals surface area (Å²) in [6, 6.07) is 6.08. The van der Waals surface area contributed by atoms with Crippen LogP contribution in [0.5, 0.6) is 0 Å². The largest absolute Gasteiger partial charge is 0.385 e. The highest BCUT2D eigenvalue weighted by Gasteiger charge is 2.03. The molecule has 0 unspecified atom stereocenters. The third kappa shape index (κ3) is 5.55. The van der Waals surface area contributed by atoms with Gasteiger partial charge in [-0.25, -0.2) is 8.42 Å². The number of nitrogens with one attached hydrogen (secondary N) is 1. The van der Waals surface area contributed by atoms with Crippen LogP contribution in [0.15, 0.2) is 22.7 Å². The summed E-state index contributed by atoms with van der Waals surface area (Å²) < 4.78 is 23.0. The molecule has 1 N–H and O–H groups in total. The minimum absolute atomic E-state index is 0.234. The quantitative estimate of drug-likeness (QED) is 0.820. The van der Waals surface area contributed by atoms with Crippen LogP contribution in [0.3, 0.4) is 0 Å². The maximum absolute atomic E-state index is 11.0. The Morgan fingerprint density at radius 2 is 2.06 bits per heavy atom. The predicted molar refractivity (Wildman–Crippen MR) is 76.3 cm³/mol. The van der Waals surface area contributed by atoms with Gasteiger partial charge < -0.3 is 5.32 Å². The van der Waals surface area contributed by atoms with E-state index < -0.39 is 9.84 Å². The van der Waals surface area contributed by atoms with Crippen LogP contribution in [0.1, 0.15) is 18.9 Å². The molecule has 0 saturated heterocycles. The minimum atomic E-state index is -2.85. The smallest absolute Gasteiger partial charge is 0.147 e. The van der Waals surface area contributed by atoms with E-state index in [0.717, 1.165) is 16.6 Å². The zero-order valence-electron chi connectivity index (χ0n) is 10.2. The topological polar surface area (TPSA) is 46.2 Å². The Hall–Kier alpha value is -0.550. The summed E-state index contributed by atoms with van der Waals surface area (Å²) in [4.78, 5) is 0. The summed E-state index contributed by atoms with van der Waals surface area (Å²) in [5, 5.41) is 3.28. The lowest BCUT2D eigenvalue weighted by molar-refractivity contribution is 0.600. The molecule has 0 spiro atoms. The van der Waals surface area contributed by atoms with Crippen molar-refractivity contribution in [1.29, 1.82) is 0 Å². The molecule has 0 aliphatic carbocycles. The van der Waals surface area contributed by atoms with Crippen molar-refractivity contribution < 1.29 is 8.42 Å². The van der Waals surface area contributed by atoms with Crippen molar-refractivity contribution >= 4 is 31.5 Å². The molecule has 0 fully saturated rings. The van der Waals surface area contributed by atoms with Gasteiger partial charge in [-0.3, -0.25) is 0 Å². The van der Waals surface area contributed by atoms with Gasteiger partial charge in [0.2, 0.25) is 0 Å². The zero-order valence-corrected chi connectivity index (χ0v) is 12.6. The molecule has 5 heteroatoms. The lowest BCUT2D eigenvalue weighted by atomic mass is 10.1. The van der Waals surface area contributed by atoms with Crippen molar-refractivity contribution in [2.24, 2.45) is 0 Å². The van der Waals surface area contributed by atoms with Crippen molar-refractivity contribution in [2.45, 2.75) is 19.8 Å². The molecule has 1 rings (SSSR count). The van der Waals surface area contributed by atoms with E-state index in [9.17, 15) is 8.42 Å². The van der Waals surface area contributed by atoms with E-state index in [1.54, 1.807) is 0 Å². The maximum Gasteiger partial charge on any atom is 0.147 e. The minimum Gasteiger partial charge on any atom is -0.385 e. The number of aryl methyl sites for hydroxylation is 1. The lowest BCUT2D eigenvalue weighted by Gasteiger charge is -2.11. The molecule has 0 saturated carbocycles. The molecule has 0 heterocycles. The van der Waals surface area contributed by atoms with Gasteiger partial charge in [0.05, 0.1) is 5.75 Å². The summed E-state index contributed by atoms with van der Waals surface area (Å²) in [5.41, 5.74) is 2.32. The Balaban J connectivity index is 2.52. The second-order valence-corrected chi connectivity index (χ2v) is 7.24. The number of anilines is 1. The molecule has 17 heavy (non-hydrogen) atoms. The summed E-state index contributed by atoms with van der Waals surface area (Å²) >= 11 is 3.44. The highest BCUT2D eigenvalue weighted by molar-refractivity contribution is 9.10. The fourth-order valence-electron chi connectivity index (χ4n) is 1.58. The van der Waals surface area contributed by atoms with Crippen LogP contribution in [-0.2, 0) is 16.3 Å². The van der Waals surface area contributed by atoms with E-state index >= 15 is 0 Å². The van der Waals surface area contributed by atoms with Gasteiger partial charge in [0.15, 0.2) is 0 Å². The Morgan fingerprint density at radius 3 is 2.65 bits per heavy atom. The molecule has 0 atom stereocenters. The zero-order chi connectivity index (χ0) is 12.9. The van der Waals surface area contributed by atoms with E-state index in [0.29, 0.717) is 13.0 Å². The van der Waals surface area contributed by atoms with Gasteiger partial charge in [0.25, 0.3) is 0 Å². The Labute approximate surface area is 112 Å². The van der Waals surface area contributed by atoms with Crippen LogP contribution in [0.2, 0.25) is 0 Å². The molecular weight excluding hydrogens is 302 g/mol. The van der Waals surface area contributed by atoms with Gasteiger partial charge in [0.1, 0.15) is 9.84 Å². The number of rotatable bonds is 6. The molecule has 0 radical (unpaired) electrons. The monoisotopic (exact) mass is 319 g/mol. The average Bonchev–Trinajstić information content (AvgIpc) is 2.24. The van der Waals surface area contributed by atoms with Gasteiger partial charge in [-0.15, -0.1) is 0 Å². The summed E-state index contributed by atoms with van der Waals surface area (Å²) in [7, 11) is -2.85. The van der Waals surface area contributed by atoms with Crippen LogP contribution in [0, 0.1) is 0 Å². The molecule has 0 amide bonds. The molecule has 3 nitrogen and oxygen atoms in total. The first kappa shape index (κ1) is 14.5. The fraction of sp³-hybridized carbons (Fsp3) is 0.500. The van der Waals surface area contributed by atoms with Gasteiger partial charge in [-0.1, -0.05) is 22.9 Å². The van der Waals surface area contributed by atoms with E-state index in [-0.39, 0.29) is 5.75 Å². The van der Waals surface area contributed by atoms with Crippen LogP contribution >= 0.6 is 15.9 Å². The van der Waals surface area contributed by atoms with Crippen LogP contribution in [-0.4, -0.2) is 27.0 Å². The highest BCUT2D eigenvalue weighted by Crippen LogP contribution is 2.21. The first-order valence-corrected chi connectivity index (χ1v) is 8.47. The third-order valence-electron chi connectivity index (χ3n) is 2.46. The third-order valence-corrected chi connectivity index (χ3v) is 3.98. The number of hydrogen-bond acceptors (Lipinski definition) is 3. The van der Waals surface area contributed by atoms with Crippen molar-refractivity contribution in [3.63, 3.8) is 0 Å². The van der Waals surface area contributed by atoms with Crippen molar-refractivity contribution in [3.8, 4) is 0 Å². The predicted octanol–water partition coefficient (Wildman–Crippen LogP) is 2.86. The summed E-state index contributed by atoms with van der Waals surface area (Å²) in [6.07, 6.45) is 2.86. The molecule has 96 valence electrons. The normalized spacial score (nSPS) is 11.5. The van der Waals surface area contributed by atoms with Crippen LogP contribution in [0.25, 0.3) is 0 Å². The summed E-state index contributed by atoms with van der Waals surface area (Å²) in [6.45, 7) is 2.78.